The Morgan fingerprint density at radius 1 is 1.16 bits per heavy atom. The molecule has 0 N–H and O–H groups in total. The molecular formula is C19H25N3O3. The second-order valence-electron chi connectivity index (χ2n) is 7.23. The summed E-state index contributed by atoms with van der Waals surface area (Å²) in [7, 11) is 0. The molecule has 2 heterocycles. The van der Waals surface area contributed by atoms with Crippen LogP contribution in [0.4, 0.5) is 10.8 Å². The van der Waals surface area contributed by atoms with Crippen molar-refractivity contribution in [1.29, 1.82) is 0 Å². The number of piperazine rings is 1. The molecule has 0 bridgehead atoms. The highest BCUT2D eigenvalue weighted by Gasteiger charge is 2.27. The fraction of sp³-hybridized carbons (Fsp3) is 0.474. The van der Waals surface area contributed by atoms with E-state index >= 15 is 0 Å². The summed E-state index contributed by atoms with van der Waals surface area (Å²) in [4.78, 5) is 20.3. The lowest BCUT2D eigenvalue weighted by molar-refractivity contribution is 0.0239. The van der Waals surface area contributed by atoms with Crippen LogP contribution in [-0.2, 0) is 11.2 Å². The number of nitrogens with zero attached hydrogens (tertiary/aromatic N) is 3. The first-order valence-electron chi connectivity index (χ1n) is 8.62. The van der Waals surface area contributed by atoms with E-state index in [0.29, 0.717) is 32.2 Å². The van der Waals surface area contributed by atoms with Gasteiger partial charge in [0.05, 0.1) is 6.20 Å². The minimum atomic E-state index is -0.469. The van der Waals surface area contributed by atoms with Crippen LogP contribution in [0.2, 0.25) is 0 Å². The van der Waals surface area contributed by atoms with E-state index < -0.39 is 5.60 Å². The van der Waals surface area contributed by atoms with Gasteiger partial charge in [0.2, 0.25) is 0 Å². The zero-order chi connectivity index (χ0) is 17.9. The first kappa shape index (κ1) is 17.3. The molecule has 1 aromatic heterocycles. The molecule has 0 aliphatic carbocycles. The zero-order valence-corrected chi connectivity index (χ0v) is 15.1. The molecule has 0 radical (unpaired) electrons. The number of ether oxygens (including phenoxy) is 1. The Morgan fingerprint density at radius 3 is 2.48 bits per heavy atom. The third-order valence-electron chi connectivity index (χ3n) is 3.96. The minimum Gasteiger partial charge on any atom is -0.444 e. The number of hydrogen-bond acceptors (Lipinski definition) is 5. The van der Waals surface area contributed by atoms with Crippen molar-refractivity contribution in [2.75, 3.05) is 31.1 Å². The Bertz CT molecular complexity index is 698. The lowest BCUT2D eigenvalue weighted by Gasteiger charge is -2.34. The van der Waals surface area contributed by atoms with Crippen molar-refractivity contribution in [3.8, 4) is 0 Å². The molecule has 1 aromatic carbocycles. The predicted molar refractivity (Wildman–Crippen MR) is 95.8 cm³/mol. The van der Waals surface area contributed by atoms with Gasteiger partial charge >= 0.3 is 6.09 Å². The van der Waals surface area contributed by atoms with Crippen LogP contribution in [0, 0.1) is 0 Å². The summed E-state index contributed by atoms with van der Waals surface area (Å²) >= 11 is 0. The molecule has 1 aliphatic heterocycles. The molecule has 6 heteroatoms. The average molecular weight is 343 g/mol. The molecular weight excluding hydrogens is 318 g/mol. The fourth-order valence-electron chi connectivity index (χ4n) is 2.73. The van der Waals surface area contributed by atoms with Crippen molar-refractivity contribution in [3.05, 3.63) is 47.9 Å². The van der Waals surface area contributed by atoms with Gasteiger partial charge in [-0.1, -0.05) is 30.3 Å². The van der Waals surface area contributed by atoms with E-state index in [-0.39, 0.29) is 6.09 Å². The highest BCUT2D eigenvalue weighted by molar-refractivity contribution is 5.68. The van der Waals surface area contributed by atoms with E-state index in [2.05, 4.69) is 22.0 Å². The number of carbonyl (C=O) groups is 1. The number of hydrogen-bond donors (Lipinski definition) is 0. The van der Waals surface area contributed by atoms with Crippen molar-refractivity contribution < 1.29 is 13.9 Å². The maximum atomic E-state index is 12.1. The first-order chi connectivity index (χ1) is 11.9. The molecule has 0 saturated carbocycles. The highest BCUT2D eigenvalue weighted by atomic mass is 16.6. The Balaban J connectivity index is 1.54. The molecule has 0 unspecified atom stereocenters. The van der Waals surface area contributed by atoms with Gasteiger partial charge in [0.15, 0.2) is 0 Å². The van der Waals surface area contributed by atoms with Crippen LogP contribution < -0.4 is 4.90 Å². The molecule has 3 rings (SSSR count). The molecule has 2 aromatic rings. The fourth-order valence-corrected chi connectivity index (χ4v) is 2.73. The number of rotatable bonds is 3. The molecule has 25 heavy (non-hydrogen) atoms. The zero-order valence-electron chi connectivity index (χ0n) is 15.1. The van der Waals surface area contributed by atoms with Crippen molar-refractivity contribution in [2.45, 2.75) is 32.8 Å². The van der Waals surface area contributed by atoms with Crippen LogP contribution in [0.5, 0.6) is 0 Å². The van der Waals surface area contributed by atoms with Gasteiger partial charge in [0.25, 0.3) is 6.01 Å². The smallest absolute Gasteiger partial charge is 0.410 e. The summed E-state index contributed by atoms with van der Waals surface area (Å²) in [6.07, 6.45) is 2.25. The monoisotopic (exact) mass is 343 g/mol. The lowest BCUT2D eigenvalue weighted by Crippen LogP contribution is -2.50. The van der Waals surface area contributed by atoms with Crippen LogP contribution in [0.15, 0.2) is 40.9 Å². The Morgan fingerprint density at radius 2 is 1.84 bits per heavy atom. The largest absolute Gasteiger partial charge is 0.444 e. The second kappa shape index (κ2) is 7.17. The van der Waals surface area contributed by atoms with Gasteiger partial charge in [-0.3, -0.25) is 0 Å². The Kier molecular flexibility index (Phi) is 4.97. The predicted octanol–water partition coefficient (Wildman–Crippen LogP) is 3.32. The number of anilines is 1. The maximum Gasteiger partial charge on any atom is 0.410 e. The summed E-state index contributed by atoms with van der Waals surface area (Å²) < 4.78 is 11.3. The van der Waals surface area contributed by atoms with Gasteiger partial charge in [-0.2, -0.15) is 0 Å². The van der Waals surface area contributed by atoms with Crippen LogP contribution >= 0.6 is 0 Å². The van der Waals surface area contributed by atoms with Gasteiger partial charge < -0.3 is 19.0 Å². The topological polar surface area (TPSA) is 58.8 Å². The Hall–Kier alpha value is -2.50. The summed E-state index contributed by atoms with van der Waals surface area (Å²) in [5.41, 5.74) is 0.725. The summed E-state index contributed by atoms with van der Waals surface area (Å²) in [6.45, 7) is 8.21. The van der Waals surface area contributed by atoms with E-state index in [4.69, 9.17) is 9.15 Å². The highest BCUT2D eigenvalue weighted by Crippen LogP contribution is 2.20. The number of benzene rings is 1. The van der Waals surface area contributed by atoms with Crippen LogP contribution in [0.3, 0.4) is 0 Å². The summed E-state index contributed by atoms with van der Waals surface area (Å²) in [6, 6.07) is 10.8. The normalized spacial score (nSPS) is 15.3. The van der Waals surface area contributed by atoms with E-state index in [1.54, 1.807) is 11.1 Å². The first-order valence-corrected chi connectivity index (χ1v) is 8.62. The third-order valence-corrected chi connectivity index (χ3v) is 3.96. The number of aromatic nitrogens is 1. The number of amides is 1. The molecule has 0 spiro atoms. The van der Waals surface area contributed by atoms with E-state index in [1.807, 2.05) is 39.0 Å². The number of carbonyl (C=O) groups excluding carboxylic acids is 1. The van der Waals surface area contributed by atoms with E-state index in [9.17, 15) is 4.79 Å². The summed E-state index contributed by atoms with van der Waals surface area (Å²) in [5.74, 6) is 0.843. The van der Waals surface area contributed by atoms with Gasteiger partial charge in [-0.05, 0) is 26.3 Å². The maximum absolute atomic E-state index is 12.1. The van der Waals surface area contributed by atoms with Gasteiger partial charge in [-0.25, -0.2) is 9.78 Å². The molecule has 1 fully saturated rings. The summed E-state index contributed by atoms with van der Waals surface area (Å²) in [5, 5.41) is 0. The van der Waals surface area contributed by atoms with Crippen LogP contribution in [-0.4, -0.2) is 47.8 Å². The van der Waals surface area contributed by atoms with Crippen molar-refractivity contribution in [1.82, 2.24) is 9.88 Å². The Labute approximate surface area is 148 Å². The average Bonchev–Trinajstić information content (AvgIpc) is 3.03. The van der Waals surface area contributed by atoms with Gasteiger partial charge in [-0.15, -0.1) is 0 Å². The number of oxazole rings is 1. The SMILES string of the molecule is CC(C)(C)OC(=O)N1CCN(c2ncc(Cc3ccccc3)o2)CC1. The van der Waals surface area contributed by atoms with Crippen molar-refractivity contribution in [3.63, 3.8) is 0 Å². The minimum absolute atomic E-state index is 0.260. The van der Waals surface area contributed by atoms with Crippen LogP contribution in [0.25, 0.3) is 0 Å². The van der Waals surface area contributed by atoms with E-state index in [1.165, 1.54) is 5.56 Å². The van der Waals surface area contributed by atoms with Crippen LogP contribution in [0.1, 0.15) is 32.1 Å². The quantitative estimate of drug-likeness (QED) is 0.855. The second-order valence-corrected chi connectivity index (χ2v) is 7.23. The standard InChI is InChI=1S/C19H25N3O3/c1-19(2,3)25-18(23)22-11-9-21(10-12-22)17-20-14-16(24-17)13-15-7-5-4-6-8-15/h4-8,14H,9-13H2,1-3H3. The van der Waals surface area contributed by atoms with Crippen molar-refractivity contribution in [2.24, 2.45) is 0 Å². The molecule has 1 aliphatic rings. The molecule has 0 atom stereocenters. The third kappa shape index (κ3) is 4.75. The lowest BCUT2D eigenvalue weighted by atomic mass is 10.1. The molecule has 1 saturated heterocycles. The van der Waals surface area contributed by atoms with Gasteiger partial charge in [0, 0.05) is 32.6 Å². The van der Waals surface area contributed by atoms with E-state index in [0.717, 1.165) is 12.2 Å². The van der Waals surface area contributed by atoms with Gasteiger partial charge in [0.1, 0.15) is 11.4 Å². The van der Waals surface area contributed by atoms with Crippen molar-refractivity contribution >= 4 is 12.1 Å². The molecule has 134 valence electrons. The molecule has 6 nitrogen and oxygen atoms in total. The molecule has 1 amide bonds.